The van der Waals surface area contributed by atoms with Crippen molar-refractivity contribution in [3.63, 3.8) is 0 Å². The van der Waals surface area contributed by atoms with Gasteiger partial charge in [-0.2, -0.15) is 0 Å². The third-order valence-corrected chi connectivity index (χ3v) is 8.76. The van der Waals surface area contributed by atoms with Crippen molar-refractivity contribution in [3.05, 3.63) is 64.8 Å². The monoisotopic (exact) mass is 504 g/mol. The van der Waals surface area contributed by atoms with Crippen LogP contribution >= 0.6 is 12.2 Å². The molecule has 2 saturated carbocycles. The number of carbonyl (C=O) groups excluding carboxylic acids is 2. The summed E-state index contributed by atoms with van der Waals surface area (Å²) in [6, 6.07) is 11.0. The molecule has 2 aromatic rings. The van der Waals surface area contributed by atoms with Crippen molar-refractivity contribution in [2.45, 2.75) is 63.8 Å². The van der Waals surface area contributed by atoms with E-state index in [-0.39, 0.29) is 39.3 Å². The number of halogens is 1. The van der Waals surface area contributed by atoms with Crippen LogP contribution in [0.3, 0.4) is 0 Å². The van der Waals surface area contributed by atoms with Gasteiger partial charge in [-0.15, -0.1) is 0 Å². The van der Waals surface area contributed by atoms with Gasteiger partial charge < -0.3 is 10.2 Å². The SMILES string of the molecule is [C-]#[N+]c1ccc(N2C(=O)C3(CCC3)N(c3ccc(CCC4(C(=O)NC)CCC4)cc3)C2=S)c(F)c1C. The molecule has 1 N–H and O–H groups in total. The minimum absolute atomic E-state index is 0.0975. The van der Waals surface area contributed by atoms with Gasteiger partial charge in [0.25, 0.3) is 5.91 Å². The second-order valence-electron chi connectivity index (χ2n) is 10.2. The minimum Gasteiger partial charge on any atom is -0.359 e. The number of anilines is 2. The van der Waals surface area contributed by atoms with Crippen molar-refractivity contribution in [2.24, 2.45) is 5.41 Å². The zero-order chi connectivity index (χ0) is 25.7. The fourth-order valence-electron chi connectivity index (χ4n) is 5.80. The topological polar surface area (TPSA) is 57.0 Å². The quantitative estimate of drug-likeness (QED) is 0.411. The molecular weight excluding hydrogens is 475 g/mol. The van der Waals surface area contributed by atoms with Crippen molar-refractivity contribution in [1.82, 2.24) is 5.32 Å². The van der Waals surface area contributed by atoms with Gasteiger partial charge in [0.1, 0.15) is 11.4 Å². The van der Waals surface area contributed by atoms with Gasteiger partial charge in [-0.05, 0) is 93.4 Å². The Bertz CT molecular complexity index is 1290. The van der Waals surface area contributed by atoms with E-state index in [4.69, 9.17) is 18.8 Å². The highest BCUT2D eigenvalue weighted by Gasteiger charge is 2.60. The molecule has 1 spiro atoms. The molecule has 36 heavy (non-hydrogen) atoms. The van der Waals surface area contributed by atoms with Gasteiger partial charge in [0.15, 0.2) is 10.8 Å². The van der Waals surface area contributed by atoms with Gasteiger partial charge in [-0.1, -0.05) is 24.6 Å². The average molecular weight is 505 g/mol. The van der Waals surface area contributed by atoms with Gasteiger partial charge in [0.2, 0.25) is 5.91 Å². The van der Waals surface area contributed by atoms with E-state index in [1.807, 2.05) is 29.2 Å². The zero-order valence-corrected chi connectivity index (χ0v) is 21.4. The average Bonchev–Trinajstić information content (AvgIpc) is 3.07. The molecule has 186 valence electrons. The highest BCUT2D eigenvalue weighted by atomic mass is 32.1. The van der Waals surface area contributed by atoms with E-state index in [0.29, 0.717) is 12.8 Å². The van der Waals surface area contributed by atoms with E-state index in [0.717, 1.165) is 49.8 Å². The molecule has 8 heteroatoms. The van der Waals surface area contributed by atoms with Crippen LogP contribution in [0.5, 0.6) is 0 Å². The number of thiocarbonyl (C=S) groups is 1. The molecule has 3 fully saturated rings. The smallest absolute Gasteiger partial charge is 0.259 e. The molecular formula is C28H29FN4O2S. The molecule has 2 aromatic carbocycles. The predicted octanol–water partition coefficient (Wildman–Crippen LogP) is 5.59. The lowest BCUT2D eigenvalue weighted by Crippen LogP contribution is -2.55. The standard InChI is InChI=1S/C28H29FN4O2S/c1-18-21(30-2)10-11-22(23(18)29)32-25(35)28(15-5-16-28)33(26(32)36)20-8-6-19(7-9-20)12-17-27(13-4-14-27)24(34)31-3/h6-11H,4-5,12-17H2,1,3H3,(H,31,34). The molecule has 1 aliphatic heterocycles. The van der Waals surface area contributed by atoms with Crippen molar-refractivity contribution in [1.29, 1.82) is 0 Å². The lowest BCUT2D eigenvalue weighted by molar-refractivity contribution is -0.136. The number of aryl methyl sites for hydroxylation is 1. The third kappa shape index (κ3) is 3.52. The molecule has 3 aliphatic rings. The molecule has 0 radical (unpaired) electrons. The summed E-state index contributed by atoms with van der Waals surface area (Å²) < 4.78 is 15.3. The van der Waals surface area contributed by atoms with Gasteiger partial charge >= 0.3 is 0 Å². The van der Waals surface area contributed by atoms with Crippen molar-refractivity contribution >= 4 is 46.2 Å². The summed E-state index contributed by atoms with van der Waals surface area (Å²) in [7, 11) is 1.70. The second kappa shape index (κ2) is 8.97. The minimum atomic E-state index is -0.799. The zero-order valence-electron chi connectivity index (χ0n) is 20.6. The molecule has 2 aliphatic carbocycles. The highest BCUT2D eigenvalue weighted by molar-refractivity contribution is 7.81. The second-order valence-corrected chi connectivity index (χ2v) is 10.5. The Morgan fingerprint density at radius 1 is 1.14 bits per heavy atom. The maximum absolute atomic E-state index is 15.3. The number of hydrogen-bond donors (Lipinski definition) is 1. The van der Waals surface area contributed by atoms with Crippen LogP contribution in [0.1, 0.15) is 56.1 Å². The maximum atomic E-state index is 15.3. The van der Waals surface area contributed by atoms with E-state index < -0.39 is 11.4 Å². The van der Waals surface area contributed by atoms with Crippen LogP contribution in [0.4, 0.5) is 21.5 Å². The van der Waals surface area contributed by atoms with Gasteiger partial charge in [0, 0.05) is 18.2 Å². The van der Waals surface area contributed by atoms with Crippen LogP contribution in [0.25, 0.3) is 4.85 Å². The van der Waals surface area contributed by atoms with Crippen LogP contribution in [-0.4, -0.2) is 29.5 Å². The summed E-state index contributed by atoms with van der Waals surface area (Å²) in [4.78, 5) is 32.6. The summed E-state index contributed by atoms with van der Waals surface area (Å²) in [5.74, 6) is -0.675. The van der Waals surface area contributed by atoms with Crippen LogP contribution < -0.4 is 15.1 Å². The van der Waals surface area contributed by atoms with E-state index in [1.54, 1.807) is 14.0 Å². The number of amides is 2. The van der Waals surface area contributed by atoms with E-state index >= 15 is 4.39 Å². The number of benzene rings is 2. The number of nitrogens with one attached hydrogen (secondary N) is 1. The molecule has 2 amide bonds. The molecule has 5 rings (SSSR count). The molecule has 1 saturated heterocycles. The predicted molar refractivity (Wildman–Crippen MR) is 142 cm³/mol. The first-order chi connectivity index (χ1) is 17.3. The molecule has 1 heterocycles. The Morgan fingerprint density at radius 2 is 1.81 bits per heavy atom. The van der Waals surface area contributed by atoms with Crippen LogP contribution in [0.15, 0.2) is 36.4 Å². The van der Waals surface area contributed by atoms with Crippen molar-refractivity contribution < 1.29 is 14.0 Å². The Morgan fingerprint density at radius 3 is 2.33 bits per heavy atom. The Labute approximate surface area is 216 Å². The highest BCUT2D eigenvalue weighted by Crippen LogP contribution is 2.49. The molecule has 0 atom stereocenters. The van der Waals surface area contributed by atoms with Crippen LogP contribution in [0.2, 0.25) is 0 Å². The van der Waals surface area contributed by atoms with E-state index in [2.05, 4.69) is 10.2 Å². The fourth-order valence-corrected chi connectivity index (χ4v) is 6.26. The molecule has 0 bridgehead atoms. The first-order valence-electron chi connectivity index (χ1n) is 12.4. The van der Waals surface area contributed by atoms with Crippen LogP contribution in [-0.2, 0) is 16.0 Å². The molecule has 6 nitrogen and oxygen atoms in total. The molecule has 0 unspecified atom stereocenters. The molecule has 0 aromatic heterocycles. The summed E-state index contributed by atoms with van der Waals surface area (Å²) in [6.45, 7) is 8.78. The number of nitrogens with zero attached hydrogens (tertiary/aromatic N) is 3. The van der Waals surface area contributed by atoms with Gasteiger partial charge in [-0.25, -0.2) is 9.24 Å². The Hall–Kier alpha value is -3.31. The lowest BCUT2D eigenvalue weighted by atomic mass is 9.65. The van der Waals surface area contributed by atoms with Gasteiger partial charge in [0.05, 0.1) is 12.3 Å². The fraction of sp³-hybridized carbons (Fsp3) is 0.429. The van der Waals surface area contributed by atoms with E-state index in [1.165, 1.54) is 17.0 Å². The Kier molecular flexibility index (Phi) is 6.08. The van der Waals surface area contributed by atoms with Crippen molar-refractivity contribution in [3.8, 4) is 0 Å². The lowest BCUT2D eigenvalue weighted by Gasteiger charge is -2.43. The number of hydrogen-bond acceptors (Lipinski definition) is 3. The van der Waals surface area contributed by atoms with Crippen molar-refractivity contribution in [2.75, 3.05) is 16.8 Å². The summed E-state index contributed by atoms with van der Waals surface area (Å²) in [5.41, 5.74) is 1.41. The normalized spacial score (nSPS) is 19.6. The summed E-state index contributed by atoms with van der Waals surface area (Å²) in [6.07, 6.45) is 6.76. The van der Waals surface area contributed by atoms with Crippen LogP contribution in [0, 0.1) is 24.7 Å². The maximum Gasteiger partial charge on any atom is 0.259 e. The summed E-state index contributed by atoms with van der Waals surface area (Å²) >= 11 is 5.77. The van der Waals surface area contributed by atoms with E-state index in [9.17, 15) is 9.59 Å². The number of rotatable bonds is 6. The third-order valence-electron chi connectivity index (χ3n) is 8.40. The first kappa shape index (κ1) is 24.4. The Balaban J connectivity index is 1.41. The number of carbonyl (C=O) groups is 2. The first-order valence-corrected chi connectivity index (χ1v) is 12.9. The largest absolute Gasteiger partial charge is 0.359 e. The van der Waals surface area contributed by atoms with Gasteiger partial charge in [-0.3, -0.25) is 14.5 Å². The summed E-state index contributed by atoms with van der Waals surface area (Å²) in [5, 5.41) is 3.07.